The van der Waals surface area contributed by atoms with Gasteiger partial charge >= 0.3 is 0 Å². The van der Waals surface area contributed by atoms with Gasteiger partial charge in [0.05, 0.1) is 4.47 Å². The lowest BCUT2D eigenvalue weighted by Crippen LogP contribution is -2.00. The van der Waals surface area contributed by atoms with Gasteiger partial charge in [-0.2, -0.15) is 10.5 Å². The average Bonchev–Trinajstić information content (AvgIpc) is 2.72. The van der Waals surface area contributed by atoms with Crippen molar-refractivity contribution in [1.29, 1.82) is 10.5 Å². The first kappa shape index (κ1) is 10.3. The van der Waals surface area contributed by atoms with E-state index in [2.05, 4.69) is 25.9 Å². The first-order valence-electron chi connectivity index (χ1n) is 4.26. The Labute approximate surface area is 99.7 Å². The molecule has 0 aliphatic carbocycles. The van der Waals surface area contributed by atoms with Gasteiger partial charge in [-0.25, -0.2) is 9.97 Å². The number of rotatable bonds is 1. The third kappa shape index (κ3) is 1.56. The molecule has 76 valence electrons. The van der Waals surface area contributed by atoms with Crippen LogP contribution in [0.4, 0.5) is 0 Å². The molecular weight excluding hydrogens is 270 g/mol. The summed E-state index contributed by atoms with van der Waals surface area (Å²) in [5.41, 5.74) is 0.280. The van der Waals surface area contributed by atoms with E-state index >= 15 is 0 Å². The van der Waals surface area contributed by atoms with Crippen molar-refractivity contribution in [2.24, 2.45) is 0 Å². The second kappa shape index (κ2) is 4.13. The molecule has 0 radical (unpaired) electrons. The maximum Gasteiger partial charge on any atom is 0.177 e. The van der Waals surface area contributed by atoms with Gasteiger partial charge in [-0.05, 0) is 28.1 Å². The summed E-state index contributed by atoms with van der Waals surface area (Å²) in [6.45, 7) is 0. The van der Waals surface area contributed by atoms with E-state index in [0.717, 1.165) is 4.47 Å². The van der Waals surface area contributed by atoms with E-state index in [0.29, 0.717) is 5.82 Å². The topological polar surface area (TPSA) is 78.3 Å². The maximum atomic E-state index is 8.97. The van der Waals surface area contributed by atoms with E-state index < -0.39 is 0 Å². The summed E-state index contributed by atoms with van der Waals surface area (Å²) in [6, 6.07) is 7.36. The fourth-order valence-corrected chi connectivity index (χ4v) is 1.70. The highest BCUT2D eigenvalue weighted by Crippen LogP contribution is 2.20. The second-order valence-corrected chi connectivity index (χ2v) is 3.70. The van der Waals surface area contributed by atoms with Crippen LogP contribution in [-0.4, -0.2) is 14.5 Å². The molecule has 6 heteroatoms. The number of hydrogen-bond donors (Lipinski definition) is 0. The highest BCUT2D eigenvalue weighted by molar-refractivity contribution is 9.10. The third-order valence-corrected chi connectivity index (χ3v) is 2.57. The molecule has 0 bridgehead atoms. The molecule has 5 nitrogen and oxygen atoms in total. The Morgan fingerprint density at radius 3 is 2.69 bits per heavy atom. The molecule has 0 unspecified atom stereocenters. The molecule has 0 atom stereocenters. The quantitative estimate of drug-likeness (QED) is 0.793. The smallest absolute Gasteiger partial charge is 0.177 e. The van der Waals surface area contributed by atoms with Crippen molar-refractivity contribution >= 4 is 15.9 Å². The van der Waals surface area contributed by atoms with Gasteiger partial charge in [0.15, 0.2) is 17.2 Å². The number of imidazole rings is 1. The Bertz CT molecular complexity index is 617. The molecule has 0 saturated heterocycles. The Morgan fingerprint density at radius 1 is 1.25 bits per heavy atom. The van der Waals surface area contributed by atoms with E-state index in [-0.39, 0.29) is 11.4 Å². The van der Waals surface area contributed by atoms with Crippen molar-refractivity contribution < 1.29 is 0 Å². The zero-order chi connectivity index (χ0) is 11.5. The fourth-order valence-electron chi connectivity index (χ4n) is 1.25. The maximum absolute atomic E-state index is 8.97. The Hall–Kier alpha value is -2.18. The van der Waals surface area contributed by atoms with Crippen molar-refractivity contribution in [3.8, 4) is 18.0 Å². The number of hydrogen-bond acceptors (Lipinski definition) is 4. The van der Waals surface area contributed by atoms with Crippen molar-refractivity contribution in [1.82, 2.24) is 14.5 Å². The highest BCUT2D eigenvalue weighted by Gasteiger charge is 2.13. The van der Waals surface area contributed by atoms with Crippen molar-refractivity contribution in [3.63, 3.8) is 0 Å². The van der Waals surface area contributed by atoms with E-state index in [1.807, 2.05) is 12.1 Å². The molecule has 0 saturated carbocycles. The number of nitriles is 2. The van der Waals surface area contributed by atoms with Crippen LogP contribution in [0, 0.1) is 22.7 Å². The molecule has 0 aliphatic rings. The summed E-state index contributed by atoms with van der Waals surface area (Å²) in [5, 5.41) is 17.7. The fraction of sp³-hybridized carbons (Fsp3) is 0. The molecule has 0 amide bonds. The van der Waals surface area contributed by atoms with Crippen LogP contribution in [0.5, 0.6) is 0 Å². The predicted molar refractivity (Wildman–Crippen MR) is 58.5 cm³/mol. The Morgan fingerprint density at radius 2 is 2.06 bits per heavy atom. The molecule has 2 heterocycles. The van der Waals surface area contributed by atoms with Crippen LogP contribution in [0.25, 0.3) is 5.82 Å². The minimum Gasteiger partial charge on any atom is -0.272 e. The molecular formula is C10H4BrN5. The third-order valence-electron chi connectivity index (χ3n) is 1.95. The molecule has 2 aromatic rings. The lowest BCUT2D eigenvalue weighted by atomic mass is 10.3. The van der Waals surface area contributed by atoms with Crippen LogP contribution in [-0.2, 0) is 0 Å². The van der Waals surface area contributed by atoms with Crippen molar-refractivity contribution in [3.05, 3.63) is 40.5 Å². The molecule has 0 fully saturated rings. The number of nitrogens with zero attached hydrogens (tertiary/aromatic N) is 5. The monoisotopic (exact) mass is 273 g/mol. The predicted octanol–water partition coefficient (Wildman–Crippen LogP) is 1.77. The first-order valence-corrected chi connectivity index (χ1v) is 5.05. The molecule has 0 N–H and O–H groups in total. The first-order chi connectivity index (χ1) is 7.77. The molecule has 0 aliphatic heterocycles. The highest BCUT2D eigenvalue weighted by atomic mass is 79.9. The lowest BCUT2D eigenvalue weighted by Gasteiger charge is -2.03. The largest absolute Gasteiger partial charge is 0.272 e. The minimum atomic E-state index is 0.0973. The van der Waals surface area contributed by atoms with Crippen LogP contribution in [0.3, 0.4) is 0 Å². The molecule has 0 spiro atoms. The van der Waals surface area contributed by atoms with Gasteiger partial charge < -0.3 is 0 Å². The van der Waals surface area contributed by atoms with Crippen LogP contribution in [0.15, 0.2) is 29.1 Å². The van der Waals surface area contributed by atoms with E-state index in [4.69, 9.17) is 10.5 Å². The minimum absolute atomic E-state index is 0.0973. The van der Waals surface area contributed by atoms with E-state index in [9.17, 15) is 0 Å². The molecule has 16 heavy (non-hydrogen) atoms. The molecule has 2 rings (SSSR count). The van der Waals surface area contributed by atoms with Crippen LogP contribution < -0.4 is 0 Å². The number of aromatic nitrogens is 3. The second-order valence-electron chi connectivity index (χ2n) is 2.84. The van der Waals surface area contributed by atoms with E-state index in [1.54, 1.807) is 18.3 Å². The summed E-state index contributed by atoms with van der Waals surface area (Å²) >= 11 is 3.32. The van der Waals surface area contributed by atoms with E-state index in [1.165, 1.54) is 10.9 Å². The SMILES string of the molecule is N#Cc1ncn(-c2ncccc2Br)c1C#N. The number of halogens is 1. The summed E-state index contributed by atoms with van der Waals surface area (Å²) in [7, 11) is 0. The van der Waals surface area contributed by atoms with Crippen molar-refractivity contribution in [2.45, 2.75) is 0 Å². The van der Waals surface area contributed by atoms with Gasteiger partial charge in [0.1, 0.15) is 18.5 Å². The Balaban J connectivity index is 2.68. The van der Waals surface area contributed by atoms with Gasteiger partial charge in [0, 0.05) is 6.20 Å². The lowest BCUT2D eigenvalue weighted by molar-refractivity contribution is 0.968. The van der Waals surface area contributed by atoms with Gasteiger partial charge in [-0.1, -0.05) is 0 Å². The number of pyridine rings is 1. The zero-order valence-corrected chi connectivity index (χ0v) is 9.51. The zero-order valence-electron chi connectivity index (χ0n) is 7.92. The van der Waals surface area contributed by atoms with Crippen LogP contribution >= 0.6 is 15.9 Å². The van der Waals surface area contributed by atoms with Crippen molar-refractivity contribution in [2.75, 3.05) is 0 Å². The van der Waals surface area contributed by atoms with Crippen LogP contribution in [0.1, 0.15) is 11.4 Å². The normalized spacial score (nSPS) is 9.44. The molecule has 0 aromatic carbocycles. The summed E-state index contributed by atoms with van der Waals surface area (Å²) in [4.78, 5) is 7.96. The summed E-state index contributed by atoms with van der Waals surface area (Å²) < 4.78 is 2.20. The van der Waals surface area contributed by atoms with Gasteiger partial charge in [0.25, 0.3) is 0 Å². The van der Waals surface area contributed by atoms with Gasteiger partial charge in [-0.15, -0.1) is 0 Å². The summed E-state index contributed by atoms with van der Waals surface area (Å²) in [6.07, 6.45) is 3.01. The Kier molecular flexibility index (Phi) is 2.67. The van der Waals surface area contributed by atoms with Crippen LogP contribution in [0.2, 0.25) is 0 Å². The average molecular weight is 274 g/mol. The van der Waals surface area contributed by atoms with Gasteiger partial charge in [0.2, 0.25) is 0 Å². The summed E-state index contributed by atoms with van der Waals surface area (Å²) in [5.74, 6) is 0.535. The van der Waals surface area contributed by atoms with Gasteiger partial charge in [-0.3, -0.25) is 4.57 Å². The standard InChI is InChI=1S/C10H4BrN5/c11-7-2-1-3-14-10(7)16-6-15-8(4-12)9(16)5-13/h1-3,6H. The molecule has 2 aromatic heterocycles.